The number of aryl methyl sites for hydroxylation is 2. The number of hydrogen-bond acceptors (Lipinski definition) is 3. The lowest BCUT2D eigenvalue weighted by atomic mass is 10.1. The second kappa shape index (κ2) is 5.35. The first kappa shape index (κ1) is 12.8. The van der Waals surface area contributed by atoms with Crippen LogP contribution in [0.5, 0.6) is 0 Å². The van der Waals surface area contributed by atoms with Crippen LogP contribution in [0.1, 0.15) is 47.3 Å². The fraction of sp³-hybridized carbons (Fsp3) is 0.538. The molecule has 1 aliphatic carbocycles. The van der Waals surface area contributed by atoms with E-state index in [1.54, 1.807) is 19.9 Å². The first-order valence-corrected chi connectivity index (χ1v) is 6.24. The summed E-state index contributed by atoms with van der Waals surface area (Å²) >= 11 is 0. The Morgan fingerprint density at radius 2 is 2.06 bits per heavy atom. The molecule has 98 valence electrons. The van der Waals surface area contributed by atoms with E-state index in [4.69, 9.17) is 4.84 Å². The molecule has 1 heterocycles. The van der Waals surface area contributed by atoms with Crippen LogP contribution in [0.4, 0.5) is 0 Å². The highest BCUT2D eigenvalue weighted by Crippen LogP contribution is 2.19. The predicted molar refractivity (Wildman–Crippen MR) is 67.3 cm³/mol. The molecule has 0 spiro atoms. The molecule has 0 saturated heterocycles. The van der Waals surface area contributed by atoms with E-state index in [0.29, 0.717) is 5.56 Å². The van der Waals surface area contributed by atoms with Crippen LogP contribution >= 0.6 is 0 Å². The Labute approximate surface area is 106 Å². The van der Waals surface area contributed by atoms with Crippen LogP contribution in [0.2, 0.25) is 0 Å². The van der Waals surface area contributed by atoms with Gasteiger partial charge in [-0.2, -0.15) is 0 Å². The molecule has 0 aromatic carbocycles. The second-order valence-corrected chi connectivity index (χ2v) is 4.79. The van der Waals surface area contributed by atoms with Gasteiger partial charge in [0.1, 0.15) is 5.56 Å². The highest BCUT2D eigenvalue weighted by Gasteiger charge is 2.19. The SMILES string of the molecule is Cc1cc(C)c(C(=O)NOC2CCCC2)c(=O)[nH]1. The number of hydrogen-bond donors (Lipinski definition) is 2. The third-order valence-corrected chi connectivity index (χ3v) is 3.21. The maximum Gasteiger partial charge on any atom is 0.280 e. The molecular weight excluding hydrogens is 232 g/mol. The van der Waals surface area contributed by atoms with E-state index in [0.717, 1.165) is 31.4 Å². The minimum Gasteiger partial charge on any atom is -0.326 e. The van der Waals surface area contributed by atoms with Gasteiger partial charge in [0.15, 0.2) is 0 Å². The topological polar surface area (TPSA) is 71.2 Å². The number of hydroxylamine groups is 1. The number of amides is 1. The molecule has 2 rings (SSSR count). The number of carbonyl (C=O) groups excluding carboxylic acids is 1. The monoisotopic (exact) mass is 250 g/mol. The summed E-state index contributed by atoms with van der Waals surface area (Å²) in [5.74, 6) is -0.472. The largest absolute Gasteiger partial charge is 0.326 e. The number of aromatic amines is 1. The maximum absolute atomic E-state index is 11.9. The van der Waals surface area contributed by atoms with Gasteiger partial charge >= 0.3 is 0 Å². The standard InChI is InChI=1S/C13H18N2O3/c1-8-7-9(2)14-12(16)11(8)13(17)15-18-10-5-3-4-6-10/h7,10H,3-6H2,1-2H3,(H,14,16)(H,15,17). The molecule has 1 aromatic heterocycles. The van der Waals surface area contributed by atoms with Gasteiger partial charge in [-0.05, 0) is 38.3 Å². The van der Waals surface area contributed by atoms with Crippen LogP contribution in [-0.4, -0.2) is 17.0 Å². The number of nitrogens with one attached hydrogen (secondary N) is 2. The van der Waals surface area contributed by atoms with Crippen LogP contribution < -0.4 is 11.0 Å². The molecule has 0 aliphatic heterocycles. The average Bonchev–Trinajstić information content (AvgIpc) is 2.77. The Morgan fingerprint density at radius 3 is 2.67 bits per heavy atom. The van der Waals surface area contributed by atoms with Gasteiger partial charge in [0, 0.05) is 5.69 Å². The van der Waals surface area contributed by atoms with E-state index >= 15 is 0 Å². The van der Waals surface area contributed by atoms with Crippen LogP contribution in [0.3, 0.4) is 0 Å². The summed E-state index contributed by atoms with van der Waals surface area (Å²) in [6.07, 6.45) is 4.27. The van der Waals surface area contributed by atoms with E-state index in [1.807, 2.05) is 0 Å². The van der Waals surface area contributed by atoms with Crippen molar-refractivity contribution in [2.45, 2.75) is 45.6 Å². The van der Waals surface area contributed by atoms with Crippen molar-refractivity contribution in [1.82, 2.24) is 10.5 Å². The highest BCUT2D eigenvalue weighted by atomic mass is 16.7. The quantitative estimate of drug-likeness (QED) is 0.800. The van der Waals surface area contributed by atoms with E-state index in [9.17, 15) is 9.59 Å². The predicted octanol–water partition coefficient (Wildman–Crippen LogP) is 1.60. The van der Waals surface area contributed by atoms with Crippen molar-refractivity contribution in [2.24, 2.45) is 0 Å². The maximum atomic E-state index is 11.9. The van der Waals surface area contributed by atoms with Gasteiger partial charge in [0.2, 0.25) is 0 Å². The molecule has 5 heteroatoms. The minimum atomic E-state index is -0.472. The van der Waals surface area contributed by atoms with Crippen LogP contribution in [0, 0.1) is 13.8 Å². The minimum absolute atomic E-state index is 0.0822. The van der Waals surface area contributed by atoms with E-state index in [2.05, 4.69) is 10.5 Å². The lowest BCUT2D eigenvalue weighted by Crippen LogP contribution is -2.33. The molecule has 1 fully saturated rings. The summed E-state index contributed by atoms with van der Waals surface area (Å²) in [6.45, 7) is 3.53. The van der Waals surface area contributed by atoms with Crippen molar-refractivity contribution in [3.63, 3.8) is 0 Å². The van der Waals surface area contributed by atoms with E-state index in [-0.39, 0.29) is 17.2 Å². The number of rotatable bonds is 3. The van der Waals surface area contributed by atoms with Gasteiger partial charge in [-0.15, -0.1) is 0 Å². The van der Waals surface area contributed by atoms with Gasteiger partial charge in [-0.25, -0.2) is 5.48 Å². The third-order valence-electron chi connectivity index (χ3n) is 3.21. The molecule has 0 unspecified atom stereocenters. The lowest BCUT2D eigenvalue weighted by molar-refractivity contribution is -0.0126. The van der Waals surface area contributed by atoms with E-state index < -0.39 is 5.91 Å². The summed E-state index contributed by atoms with van der Waals surface area (Å²) in [5, 5.41) is 0. The Balaban J connectivity index is 2.06. The Hall–Kier alpha value is -1.62. The molecule has 0 bridgehead atoms. The zero-order valence-corrected chi connectivity index (χ0v) is 10.7. The van der Waals surface area contributed by atoms with Crippen molar-refractivity contribution in [2.75, 3.05) is 0 Å². The number of pyridine rings is 1. The molecule has 18 heavy (non-hydrogen) atoms. The van der Waals surface area contributed by atoms with Gasteiger partial charge < -0.3 is 4.98 Å². The first-order chi connectivity index (χ1) is 8.58. The fourth-order valence-electron chi connectivity index (χ4n) is 2.33. The molecular formula is C13H18N2O3. The molecule has 0 radical (unpaired) electrons. The molecule has 1 amide bonds. The summed E-state index contributed by atoms with van der Waals surface area (Å²) in [7, 11) is 0. The van der Waals surface area contributed by atoms with Crippen molar-refractivity contribution < 1.29 is 9.63 Å². The van der Waals surface area contributed by atoms with Gasteiger partial charge in [0.25, 0.3) is 11.5 Å². The molecule has 2 N–H and O–H groups in total. The number of H-pyrrole nitrogens is 1. The molecule has 1 saturated carbocycles. The normalized spacial score (nSPS) is 15.9. The van der Waals surface area contributed by atoms with Crippen molar-refractivity contribution in [3.8, 4) is 0 Å². The zero-order valence-electron chi connectivity index (χ0n) is 10.7. The summed E-state index contributed by atoms with van der Waals surface area (Å²) in [4.78, 5) is 31.5. The summed E-state index contributed by atoms with van der Waals surface area (Å²) in [5.41, 5.74) is 3.53. The van der Waals surface area contributed by atoms with E-state index in [1.165, 1.54) is 0 Å². The molecule has 5 nitrogen and oxygen atoms in total. The summed E-state index contributed by atoms with van der Waals surface area (Å²) in [6, 6.07) is 1.77. The van der Waals surface area contributed by atoms with Crippen LogP contribution in [-0.2, 0) is 4.84 Å². The van der Waals surface area contributed by atoms with Gasteiger partial charge in [0.05, 0.1) is 6.10 Å². The van der Waals surface area contributed by atoms with Crippen molar-refractivity contribution in [1.29, 1.82) is 0 Å². The number of aromatic nitrogens is 1. The molecule has 1 aromatic rings. The zero-order chi connectivity index (χ0) is 13.1. The van der Waals surface area contributed by atoms with Crippen LogP contribution in [0.25, 0.3) is 0 Å². The van der Waals surface area contributed by atoms with Crippen molar-refractivity contribution >= 4 is 5.91 Å². The molecule has 0 atom stereocenters. The molecule has 1 aliphatic rings. The lowest BCUT2D eigenvalue weighted by Gasteiger charge is -2.12. The smallest absolute Gasteiger partial charge is 0.280 e. The fourth-order valence-corrected chi connectivity index (χ4v) is 2.33. The first-order valence-electron chi connectivity index (χ1n) is 6.24. The Morgan fingerprint density at radius 1 is 1.39 bits per heavy atom. The third kappa shape index (κ3) is 2.79. The Bertz CT molecular complexity index is 501. The summed E-state index contributed by atoms with van der Waals surface area (Å²) < 4.78 is 0. The van der Waals surface area contributed by atoms with Gasteiger partial charge in [-0.1, -0.05) is 12.8 Å². The van der Waals surface area contributed by atoms with Crippen molar-refractivity contribution in [3.05, 3.63) is 33.2 Å². The Kier molecular flexibility index (Phi) is 3.81. The average molecular weight is 250 g/mol. The number of carbonyl (C=O) groups is 1. The van der Waals surface area contributed by atoms with Gasteiger partial charge in [-0.3, -0.25) is 14.4 Å². The van der Waals surface area contributed by atoms with Crippen LogP contribution in [0.15, 0.2) is 10.9 Å². The second-order valence-electron chi connectivity index (χ2n) is 4.79. The highest BCUT2D eigenvalue weighted by molar-refractivity contribution is 5.94.